The van der Waals surface area contributed by atoms with Gasteiger partial charge in [0.25, 0.3) is 0 Å². The van der Waals surface area contributed by atoms with E-state index >= 15 is 0 Å². The van der Waals surface area contributed by atoms with E-state index in [0.717, 1.165) is 30.5 Å². The van der Waals surface area contributed by atoms with Crippen molar-refractivity contribution >= 4 is 0 Å². The summed E-state index contributed by atoms with van der Waals surface area (Å²) in [7, 11) is 0. The highest BCUT2D eigenvalue weighted by Gasteiger charge is 2.28. The zero-order valence-corrected chi connectivity index (χ0v) is 8.05. The van der Waals surface area contributed by atoms with Gasteiger partial charge in [-0.05, 0) is 19.3 Å². The van der Waals surface area contributed by atoms with Crippen molar-refractivity contribution in [3.63, 3.8) is 0 Å². The van der Waals surface area contributed by atoms with Gasteiger partial charge in [0.1, 0.15) is 0 Å². The first-order valence-electron chi connectivity index (χ1n) is 4.57. The Hall–Kier alpha value is -1.02. The lowest BCUT2D eigenvalue weighted by Gasteiger charge is -2.13. The second kappa shape index (κ2) is 3.79. The van der Waals surface area contributed by atoms with E-state index in [1.54, 1.807) is 0 Å². The number of hydrogen-bond acceptors (Lipinski definition) is 2. The quantitative estimate of drug-likeness (QED) is 0.646. The summed E-state index contributed by atoms with van der Waals surface area (Å²) in [5.41, 5.74) is 14.4. The summed E-state index contributed by atoms with van der Waals surface area (Å²) in [6.45, 7) is 11.7. The fourth-order valence-corrected chi connectivity index (χ4v) is 1.80. The topological polar surface area (TPSA) is 52.0 Å². The van der Waals surface area contributed by atoms with E-state index in [4.69, 9.17) is 11.5 Å². The maximum Gasteiger partial charge on any atom is 0.0294 e. The lowest BCUT2D eigenvalue weighted by Crippen LogP contribution is -2.17. The van der Waals surface area contributed by atoms with Crippen molar-refractivity contribution < 1.29 is 0 Å². The number of nitrogens with two attached hydrogens (primary N) is 2. The van der Waals surface area contributed by atoms with Crippen LogP contribution in [-0.4, -0.2) is 6.04 Å². The summed E-state index contributed by atoms with van der Waals surface area (Å²) in [5.74, 6) is 0.357. The van der Waals surface area contributed by atoms with Gasteiger partial charge in [-0.15, -0.1) is 0 Å². The maximum absolute atomic E-state index is 5.85. The summed E-state index contributed by atoms with van der Waals surface area (Å²) in [5, 5.41) is 0. The SMILES string of the molecule is C=C(N)CCC1C(=C)CC(N)C1=C. The van der Waals surface area contributed by atoms with Crippen molar-refractivity contribution in [2.75, 3.05) is 0 Å². The zero-order valence-electron chi connectivity index (χ0n) is 8.05. The molecule has 1 aliphatic carbocycles. The third-order valence-corrected chi connectivity index (χ3v) is 2.65. The predicted molar refractivity (Wildman–Crippen MR) is 56.9 cm³/mol. The van der Waals surface area contributed by atoms with Gasteiger partial charge in [0.05, 0.1) is 0 Å². The Morgan fingerprint density at radius 2 is 2.08 bits per heavy atom. The van der Waals surface area contributed by atoms with Crippen molar-refractivity contribution in [1.82, 2.24) is 0 Å². The van der Waals surface area contributed by atoms with Gasteiger partial charge < -0.3 is 11.5 Å². The van der Waals surface area contributed by atoms with Gasteiger partial charge in [0, 0.05) is 17.7 Å². The molecule has 2 unspecified atom stereocenters. The molecule has 0 aliphatic heterocycles. The summed E-state index contributed by atoms with van der Waals surface area (Å²) in [4.78, 5) is 0. The minimum Gasteiger partial charge on any atom is -0.403 e. The van der Waals surface area contributed by atoms with E-state index < -0.39 is 0 Å². The lowest BCUT2D eigenvalue weighted by atomic mass is 9.94. The molecule has 2 nitrogen and oxygen atoms in total. The molecular weight excluding hydrogens is 160 g/mol. The molecule has 13 heavy (non-hydrogen) atoms. The first-order valence-corrected chi connectivity index (χ1v) is 4.57. The average molecular weight is 178 g/mol. The van der Waals surface area contributed by atoms with Gasteiger partial charge >= 0.3 is 0 Å². The normalized spacial score (nSPS) is 28.1. The highest BCUT2D eigenvalue weighted by Crippen LogP contribution is 2.36. The standard InChI is InChI=1S/C11H18N2/c1-7-6-11(13)9(3)10(7)5-4-8(2)12/h10-11H,1-6,12-13H2. The van der Waals surface area contributed by atoms with Crippen molar-refractivity contribution in [2.45, 2.75) is 25.3 Å². The fourth-order valence-electron chi connectivity index (χ4n) is 1.80. The van der Waals surface area contributed by atoms with Gasteiger partial charge in [-0.3, -0.25) is 0 Å². The van der Waals surface area contributed by atoms with Crippen LogP contribution >= 0.6 is 0 Å². The zero-order chi connectivity index (χ0) is 10.0. The van der Waals surface area contributed by atoms with Crippen molar-refractivity contribution in [2.24, 2.45) is 17.4 Å². The Morgan fingerprint density at radius 3 is 2.46 bits per heavy atom. The first kappa shape index (κ1) is 10.1. The summed E-state index contributed by atoms with van der Waals surface area (Å²) < 4.78 is 0. The molecule has 0 amide bonds. The van der Waals surface area contributed by atoms with Crippen LogP contribution in [0.15, 0.2) is 36.6 Å². The number of allylic oxidation sites excluding steroid dienone is 1. The van der Waals surface area contributed by atoms with Crippen molar-refractivity contribution in [1.29, 1.82) is 0 Å². The van der Waals surface area contributed by atoms with Gasteiger partial charge in [0.15, 0.2) is 0 Å². The molecule has 1 fully saturated rings. The van der Waals surface area contributed by atoms with E-state index in [0.29, 0.717) is 5.92 Å². The molecule has 4 N–H and O–H groups in total. The van der Waals surface area contributed by atoms with Crippen LogP contribution in [0.4, 0.5) is 0 Å². The van der Waals surface area contributed by atoms with Crippen LogP contribution in [0.1, 0.15) is 19.3 Å². The summed E-state index contributed by atoms with van der Waals surface area (Å²) in [6, 6.07) is 0.100. The molecule has 0 saturated heterocycles. The number of hydrogen-bond donors (Lipinski definition) is 2. The molecule has 0 bridgehead atoms. The Bertz CT molecular complexity index is 253. The molecule has 1 saturated carbocycles. The highest BCUT2D eigenvalue weighted by atomic mass is 14.7. The molecule has 0 aromatic rings. The second-order valence-electron chi connectivity index (χ2n) is 3.79. The van der Waals surface area contributed by atoms with Crippen LogP contribution in [0, 0.1) is 5.92 Å². The third-order valence-electron chi connectivity index (χ3n) is 2.65. The molecule has 0 radical (unpaired) electrons. The third kappa shape index (κ3) is 2.22. The molecule has 0 heterocycles. The van der Waals surface area contributed by atoms with Crippen LogP contribution in [0.5, 0.6) is 0 Å². The van der Waals surface area contributed by atoms with E-state index in [9.17, 15) is 0 Å². The molecule has 72 valence electrons. The van der Waals surface area contributed by atoms with E-state index in [1.807, 2.05) is 0 Å². The van der Waals surface area contributed by atoms with Gasteiger partial charge in [-0.2, -0.15) is 0 Å². The molecule has 2 atom stereocenters. The maximum atomic E-state index is 5.85. The molecule has 0 spiro atoms. The van der Waals surface area contributed by atoms with Crippen LogP contribution in [0.2, 0.25) is 0 Å². The van der Waals surface area contributed by atoms with E-state index in [2.05, 4.69) is 19.7 Å². The molecule has 0 aromatic heterocycles. The number of rotatable bonds is 3. The van der Waals surface area contributed by atoms with E-state index in [1.165, 1.54) is 5.57 Å². The highest BCUT2D eigenvalue weighted by molar-refractivity contribution is 5.30. The monoisotopic (exact) mass is 178 g/mol. The lowest BCUT2D eigenvalue weighted by molar-refractivity contribution is 0.658. The first-order chi connectivity index (χ1) is 6.02. The average Bonchev–Trinajstić information content (AvgIpc) is 2.24. The minimum atomic E-state index is 0.100. The molecule has 0 aromatic carbocycles. The molecule has 1 aliphatic rings. The molecular formula is C11H18N2. The summed E-state index contributed by atoms with van der Waals surface area (Å²) >= 11 is 0. The van der Waals surface area contributed by atoms with Gasteiger partial charge in [-0.25, -0.2) is 0 Å². The Morgan fingerprint density at radius 1 is 1.46 bits per heavy atom. The van der Waals surface area contributed by atoms with Crippen LogP contribution < -0.4 is 11.5 Å². The van der Waals surface area contributed by atoms with Crippen LogP contribution in [-0.2, 0) is 0 Å². The Labute approximate surface area is 80.0 Å². The van der Waals surface area contributed by atoms with Gasteiger partial charge in [-0.1, -0.05) is 30.9 Å². The smallest absolute Gasteiger partial charge is 0.0294 e. The molecule has 1 rings (SSSR count). The van der Waals surface area contributed by atoms with Crippen molar-refractivity contribution in [3.05, 3.63) is 36.6 Å². The summed E-state index contributed by atoms with van der Waals surface area (Å²) in [6.07, 6.45) is 2.66. The van der Waals surface area contributed by atoms with Crippen LogP contribution in [0.25, 0.3) is 0 Å². The Balaban J connectivity index is 2.54. The molecule has 2 heteroatoms. The Kier molecular flexibility index (Phi) is 2.94. The van der Waals surface area contributed by atoms with Crippen molar-refractivity contribution in [3.8, 4) is 0 Å². The second-order valence-corrected chi connectivity index (χ2v) is 3.79. The minimum absolute atomic E-state index is 0.100. The largest absolute Gasteiger partial charge is 0.403 e. The van der Waals surface area contributed by atoms with Crippen LogP contribution in [0.3, 0.4) is 0 Å². The van der Waals surface area contributed by atoms with E-state index in [-0.39, 0.29) is 6.04 Å². The predicted octanol–water partition coefficient (Wildman–Crippen LogP) is 1.70. The van der Waals surface area contributed by atoms with Gasteiger partial charge in [0.2, 0.25) is 0 Å². The fraction of sp³-hybridized carbons (Fsp3) is 0.455.